The quantitative estimate of drug-likeness (QED) is 0.464. The smallest absolute Gasteiger partial charge is 0.280 e. The normalized spacial score (nSPS) is 22.7. The number of carbonyl (C=O) groups is 1. The number of aryl methyl sites for hydroxylation is 1. The second kappa shape index (κ2) is 7.29. The van der Waals surface area contributed by atoms with Crippen LogP contribution in [-0.4, -0.2) is 47.0 Å². The van der Waals surface area contributed by atoms with Crippen molar-refractivity contribution in [2.24, 2.45) is 7.05 Å². The van der Waals surface area contributed by atoms with Gasteiger partial charge in [-0.15, -0.1) is 0 Å². The molecule has 0 spiro atoms. The number of aromatic nitrogens is 5. The molecule has 4 aromatic rings. The van der Waals surface area contributed by atoms with Crippen molar-refractivity contribution in [1.82, 2.24) is 29.0 Å². The third kappa shape index (κ3) is 2.96. The summed E-state index contributed by atoms with van der Waals surface area (Å²) in [6, 6.07) is 6.11. The highest BCUT2D eigenvalue weighted by Gasteiger charge is 2.47. The minimum absolute atomic E-state index is 0.00673. The van der Waals surface area contributed by atoms with Crippen LogP contribution < -0.4 is 0 Å². The fourth-order valence-corrected chi connectivity index (χ4v) is 5.67. The van der Waals surface area contributed by atoms with Crippen molar-refractivity contribution in [3.8, 4) is 0 Å². The maximum absolute atomic E-state index is 15.3. The first-order valence-corrected chi connectivity index (χ1v) is 11.0. The maximum Gasteiger partial charge on any atom is 0.280 e. The number of hydrogen-bond donors (Lipinski definition) is 0. The lowest BCUT2D eigenvalue weighted by atomic mass is 9.86. The summed E-state index contributed by atoms with van der Waals surface area (Å²) in [4.78, 5) is 23.3. The van der Waals surface area contributed by atoms with E-state index in [2.05, 4.69) is 15.1 Å². The standard InChI is InChI=1S/C23H21F3N6O/c1-30-9-8-14-17(30)7-5-15(20(14)24)22(33)31-12-2-4-13(18(31)6-3-12)19-10-16(21(25)26)29-23-27-11-28-32(19)23/h5,7-13,18,21H,2-4,6H2,1H3/t12-,13-,18-/m0/s1. The number of nitrogens with zero attached hydrogens (tertiary/aromatic N) is 6. The molecule has 0 aliphatic carbocycles. The van der Waals surface area contributed by atoms with Gasteiger partial charge in [-0.1, -0.05) is 0 Å². The summed E-state index contributed by atoms with van der Waals surface area (Å²) in [5, 5.41) is 4.59. The van der Waals surface area contributed by atoms with Gasteiger partial charge in [0.05, 0.1) is 16.8 Å². The predicted octanol–water partition coefficient (Wildman–Crippen LogP) is 4.24. The van der Waals surface area contributed by atoms with Crippen LogP contribution in [-0.2, 0) is 7.05 Å². The van der Waals surface area contributed by atoms with E-state index in [4.69, 9.17) is 0 Å². The molecule has 7 nitrogen and oxygen atoms in total. The summed E-state index contributed by atoms with van der Waals surface area (Å²) in [6.07, 6.45) is 3.26. The molecule has 170 valence electrons. The van der Waals surface area contributed by atoms with Gasteiger partial charge in [0.1, 0.15) is 17.8 Å². The zero-order valence-electron chi connectivity index (χ0n) is 17.8. The molecule has 2 fully saturated rings. The van der Waals surface area contributed by atoms with Gasteiger partial charge in [0.15, 0.2) is 0 Å². The highest BCUT2D eigenvalue weighted by atomic mass is 19.3. The van der Waals surface area contributed by atoms with Crippen molar-refractivity contribution in [3.63, 3.8) is 0 Å². The van der Waals surface area contributed by atoms with Crippen LogP contribution in [0.5, 0.6) is 0 Å². The van der Waals surface area contributed by atoms with E-state index in [1.807, 2.05) is 7.05 Å². The van der Waals surface area contributed by atoms with Gasteiger partial charge in [0.2, 0.25) is 0 Å². The van der Waals surface area contributed by atoms with Gasteiger partial charge in [-0.2, -0.15) is 10.1 Å². The van der Waals surface area contributed by atoms with E-state index < -0.39 is 12.2 Å². The monoisotopic (exact) mass is 454 g/mol. The topological polar surface area (TPSA) is 68.3 Å². The first-order chi connectivity index (χ1) is 15.9. The molecule has 0 unspecified atom stereocenters. The number of rotatable bonds is 3. The number of amides is 1. The third-order valence-electron chi connectivity index (χ3n) is 7.19. The molecule has 6 rings (SSSR count). The van der Waals surface area contributed by atoms with E-state index in [-0.39, 0.29) is 40.9 Å². The van der Waals surface area contributed by atoms with Crippen LogP contribution in [0.25, 0.3) is 16.7 Å². The fourth-order valence-electron chi connectivity index (χ4n) is 5.67. The Morgan fingerprint density at radius 3 is 2.79 bits per heavy atom. The zero-order valence-corrected chi connectivity index (χ0v) is 17.8. The molecule has 0 N–H and O–H groups in total. The van der Waals surface area contributed by atoms with Crippen LogP contribution in [0.2, 0.25) is 0 Å². The lowest BCUT2D eigenvalue weighted by Crippen LogP contribution is -2.48. The number of carbonyl (C=O) groups excluding carboxylic acids is 1. The first kappa shape index (κ1) is 20.2. The van der Waals surface area contributed by atoms with Crippen molar-refractivity contribution in [2.75, 3.05) is 0 Å². The van der Waals surface area contributed by atoms with E-state index in [1.54, 1.807) is 33.9 Å². The molecule has 1 aromatic carbocycles. The number of benzene rings is 1. The summed E-state index contributed by atoms with van der Waals surface area (Å²) in [6.45, 7) is 0. The average Bonchev–Trinajstić information content (AvgIpc) is 3.50. The molecule has 1 amide bonds. The van der Waals surface area contributed by atoms with Crippen LogP contribution in [0.1, 0.15) is 59.8 Å². The largest absolute Gasteiger partial charge is 0.350 e. The summed E-state index contributed by atoms with van der Waals surface area (Å²) in [5.41, 5.74) is 0.965. The van der Waals surface area contributed by atoms with Crippen molar-refractivity contribution >= 4 is 22.6 Å². The lowest BCUT2D eigenvalue weighted by molar-refractivity contribution is 0.0549. The molecular formula is C23H21F3N6O. The summed E-state index contributed by atoms with van der Waals surface area (Å²) in [5.74, 6) is -0.988. The van der Waals surface area contributed by atoms with Gasteiger partial charge in [-0.25, -0.2) is 22.7 Å². The molecule has 2 saturated heterocycles. The molecular weight excluding hydrogens is 433 g/mol. The molecule has 33 heavy (non-hydrogen) atoms. The molecule has 2 aliphatic heterocycles. The van der Waals surface area contributed by atoms with Crippen molar-refractivity contribution in [3.05, 3.63) is 59.6 Å². The van der Waals surface area contributed by atoms with Crippen LogP contribution >= 0.6 is 0 Å². The van der Waals surface area contributed by atoms with Crippen molar-refractivity contribution in [1.29, 1.82) is 0 Å². The van der Waals surface area contributed by atoms with Gasteiger partial charge in [-0.3, -0.25) is 4.79 Å². The number of alkyl halides is 2. The number of hydrogen-bond acceptors (Lipinski definition) is 4. The zero-order chi connectivity index (χ0) is 22.9. The van der Waals surface area contributed by atoms with E-state index in [0.717, 1.165) is 19.3 Å². The van der Waals surface area contributed by atoms with E-state index >= 15 is 4.39 Å². The Morgan fingerprint density at radius 1 is 1.15 bits per heavy atom. The van der Waals surface area contributed by atoms with Crippen LogP contribution in [0.15, 0.2) is 36.8 Å². The van der Waals surface area contributed by atoms with Gasteiger partial charge in [0.25, 0.3) is 18.1 Å². The second-order valence-electron chi connectivity index (χ2n) is 8.86. The molecule has 2 aliphatic rings. The van der Waals surface area contributed by atoms with Crippen molar-refractivity contribution in [2.45, 2.75) is 50.1 Å². The summed E-state index contributed by atoms with van der Waals surface area (Å²) < 4.78 is 45.6. The SMILES string of the molecule is Cn1ccc2c(F)c(C(=O)N3[C@H]4CC[C@H](c5cc(C(F)F)nc6ncnn56)[C@@H]3CC4)ccc21. The van der Waals surface area contributed by atoms with E-state index in [1.165, 1.54) is 16.9 Å². The minimum Gasteiger partial charge on any atom is -0.350 e. The number of fused-ring (bicyclic) bond motifs is 4. The molecule has 0 saturated carbocycles. The molecule has 5 heterocycles. The van der Waals surface area contributed by atoms with E-state index in [9.17, 15) is 13.6 Å². The Kier molecular flexibility index (Phi) is 4.46. The Labute approximate surface area is 186 Å². The molecule has 3 atom stereocenters. The number of piperidine rings is 1. The Hall–Kier alpha value is -3.43. The fraction of sp³-hybridized carbons (Fsp3) is 0.391. The maximum atomic E-state index is 15.3. The van der Waals surface area contributed by atoms with Gasteiger partial charge in [0, 0.05) is 36.6 Å². The first-order valence-electron chi connectivity index (χ1n) is 11.0. The molecule has 2 bridgehead atoms. The summed E-state index contributed by atoms with van der Waals surface area (Å²) in [7, 11) is 1.83. The van der Waals surface area contributed by atoms with Crippen LogP contribution in [0, 0.1) is 5.82 Å². The van der Waals surface area contributed by atoms with Crippen LogP contribution in [0.4, 0.5) is 13.2 Å². The highest BCUT2D eigenvalue weighted by Crippen LogP contribution is 2.45. The molecule has 3 aromatic heterocycles. The Morgan fingerprint density at radius 2 is 1.97 bits per heavy atom. The Balaban J connectivity index is 1.41. The van der Waals surface area contributed by atoms with Gasteiger partial charge in [-0.05, 0) is 49.9 Å². The summed E-state index contributed by atoms with van der Waals surface area (Å²) >= 11 is 0. The van der Waals surface area contributed by atoms with Crippen LogP contribution in [0.3, 0.4) is 0 Å². The average molecular weight is 454 g/mol. The second-order valence-corrected chi connectivity index (χ2v) is 8.86. The third-order valence-corrected chi connectivity index (χ3v) is 7.19. The number of halogens is 3. The minimum atomic E-state index is -2.74. The molecule has 10 heteroatoms. The van der Waals surface area contributed by atoms with E-state index in [0.29, 0.717) is 23.0 Å². The van der Waals surface area contributed by atoms with Crippen molar-refractivity contribution < 1.29 is 18.0 Å². The highest BCUT2D eigenvalue weighted by molar-refractivity contribution is 5.99. The lowest BCUT2D eigenvalue weighted by Gasteiger charge is -2.40. The molecule has 0 radical (unpaired) electrons. The van der Waals surface area contributed by atoms with Gasteiger partial charge < -0.3 is 9.47 Å². The predicted molar refractivity (Wildman–Crippen MR) is 114 cm³/mol. The van der Waals surface area contributed by atoms with Gasteiger partial charge >= 0.3 is 0 Å². The Bertz CT molecular complexity index is 1400.